The van der Waals surface area contributed by atoms with Crippen LogP contribution in [0.3, 0.4) is 0 Å². The molecule has 0 aliphatic carbocycles. The van der Waals surface area contributed by atoms with Crippen molar-refractivity contribution in [2.45, 2.75) is 13.0 Å². The van der Waals surface area contributed by atoms with Gasteiger partial charge in [0.1, 0.15) is 5.75 Å². The summed E-state index contributed by atoms with van der Waals surface area (Å²) in [5, 5.41) is 5.08. The zero-order valence-corrected chi connectivity index (χ0v) is 15.2. The molecule has 3 amide bonds. The maximum absolute atomic E-state index is 12.5. The van der Waals surface area contributed by atoms with Gasteiger partial charge in [0, 0.05) is 24.6 Å². The Morgan fingerprint density at radius 2 is 1.76 bits per heavy atom. The summed E-state index contributed by atoms with van der Waals surface area (Å²) in [7, 11) is 0. The molecule has 0 unspecified atom stereocenters. The van der Waals surface area contributed by atoms with Crippen LogP contribution < -0.4 is 21.1 Å². The summed E-state index contributed by atoms with van der Waals surface area (Å²) in [6.45, 7) is -2.92. The number of hydrogen-bond acceptors (Lipinski definition) is 4. The Kier molecular flexibility index (Phi) is 7.84. The van der Waals surface area contributed by atoms with Crippen LogP contribution >= 0.6 is 0 Å². The van der Waals surface area contributed by atoms with Gasteiger partial charge in [0.25, 0.3) is 5.91 Å². The second-order valence-corrected chi connectivity index (χ2v) is 5.76. The Hall–Kier alpha value is -3.75. The summed E-state index contributed by atoms with van der Waals surface area (Å²) in [5.74, 6) is -1.68. The van der Waals surface area contributed by atoms with Crippen LogP contribution in [0.1, 0.15) is 22.3 Å². The number of amides is 3. The predicted molar refractivity (Wildman–Crippen MR) is 103 cm³/mol. The van der Waals surface area contributed by atoms with Gasteiger partial charge in [0.15, 0.2) is 0 Å². The third-order valence-electron chi connectivity index (χ3n) is 3.64. The first kappa shape index (κ1) is 21.5. The van der Waals surface area contributed by atoms with Crippen LogP contribution in [-0.2, 0) is 9.59 Å². The summed E-state index contributed by atoms with van der Waals surface area (Å²) in [6.07, 6.45) is 2.45. The number of carbonyl (C=O) groups excluding carboxylic acids is 3. The first-order chi connectivity index (χ1) is 13.9. The summed E-state index contributed by atoms with van der Waals surface area (Å²) in [5.41, 5.74) is 5.76. The molecule has 0 bridgehead atoms. The van der Waals surface area contributed by atoms with E-state index in [1.165, 1.54) is 36.4 Å². The molecule has 0 heterocycles. The largest absolute Gasteiger partial charge is 0.434 e. The van der Waals surface area contributed by atoms with Gasteiger partial charge in [-0.15, -0.1) is 0 Å². The van der Waals surface area contributed by atoms with Gasteiger partial charge in [-0.3, -0.25) is 14.4 Å². The van der Waals surface area contributed by atoms with Crippen molar-refractivity contribution in [3.63, 3.8) is 0 Å². The minimum absolute atomic E-state index is 0.0108. The number of rotatable bonds is 9. The Balaban J connectivity index is 2.07. The first-order valence-electron chi connectivity index (χ1n) is 8.55. The molecule has 2 rings (SSSR count). The molecule has 0 spiro atoms. The number of benzene rings is 2. The summed E-state index contributed by atoms with van der Waals surface area (Å²) in [6, 6.07) is 12.3. The van der Waals surface area contributed by atoms with Crippen LogP contribution in [0.15, 0.2) is 54.6 Å². The highest BCUT2D eigenvalue weighted by molar-refractivity contribution is 6.07. The number of halogens is 2. The predicted octanol–water partition coefficient (Wildman–Crippen LogP) is 2.55. The van der Waals surface area contributed by atoms with Crippen LogP contribution in [0.25, 0.3) is 6.08 Å². The standard InChI is InChI=1S/C20H19F2N3O4/c21-20(22)29-16-8-4-1-5-13(16)9-10-18(27)25-15-7-3-2-6-14(15)19(28)24-12-11-17(23)26/h1-10,20H,11-12H2,(H2,23,26)(H,24,28)(H,25,27)/b10-9+. The summed E-state index contributed by atoms with van der Waals surface area (Å²) < 4.78 is 29.3. The van der Waals surface area contributed by atoms with Crippen molar-refractivity contribution in [3.8, 4) is 5.75 Å². The third kappa shape index (κ3) is 7.06. The number of nitrogens with one attached hydrogen (secondary N) is 2. The molecule has 0 aliphatic rings. The molecule has 4 N–H and O–H groups in total. The number of para-hydroxylation sites is 2. The molecular weight excluding hydrogens is 384 g/mol. The van der Waals surface area contributed by atoms with Crippen molar-refractivity contribution in [1.82, 2.24) is 5.32 Å². The SMILES string of the molecule is NC(=O)CCNC(=O)c1ccccc1NC(=O)/C=C/c1ccccc1OC(F)F. The molecule has 0 saturated heterocycles. The molecule has 0 aromatic heterocycles. The van der Waals surface area contributed by atoms with Gasteiger partial charge < -0.3 is 21.1 Å². The third-order valence-corrected chi connectivity index (χ3v) is 3.64. The molecule has 0 aliphatic heterocycles. The molecular formula is C20H19F2N3O4. The van der Waals surface area contributed by atoms with Crippen molar-refractivity contribution in [2.24, 2.45) is 5.73 Å². The van der Waals surface area contributed by atoms with Crippen LogP contribution in [0, 0.1) is 0 Å². The quantitative estimate of drug-likeness (QED) is 0.559. The number of alkyl halides is 2. The lowest BCUT2D eigenvalue weighted by molar-refractivity contribution is -0.118. The highest BCUT2D eigenvalue weighted by Gasteiger charge is 2.12. The average Bonchev–Trinajstić information content (AvgIpc) is 2.67. The van der Waals surface area contributed by atoms with Crippen LogP contribution in [0.5, 0.6) is 5.75 Å². The van der Waals surface area contributed by atoms with E-state index >= 15 is 0 Å². The van der Waals surface area contributed by atoms with E-state index in [2.05, 4.69) is 15.4 Å². The number of carbonyl (C=O) groups is 3. The molecule has 29 heavy (non-hydrogen) atoms. The van der Waals surface area contributed by atoms with E-state index in [4.69, 9.17) is 5.73 Å². The first-order valence-corrected chi connectivity index (χ1v) is 8.55. The Morgan fingerprint density at radius 3 is 2.48 bits per heavy atom. The fraction of sp³-hybridized carbons (Fsp3) is 0.150. The van der Waals surface area contributed by atoms with Gasteiger partial charge in [-0.2, -0.15) is 8.78 Å². The van der Waals surface area contributed by atoms with Crippen molar-refractivity contribution in [2.75, 3.05) is 11.9 Å². The second-order valence-electron chi connectivity index (χ2n) is 5.76. The monoisotopic (exact) mass is 403 g/mol. The van der Waals surface area contributed by atoms with Crippen LogP contribution in [-0.4, -0.2) is 30.9 Å². The van der Waals surface area contributed by atoms with Gasteiger partial charge >= 0.3 is 6.61 Å². The number of hydrogen-bond donors (Lipinski definition) is 3. The average molecular weight is 403 g/mol. The van der Waals surface area contributed by atoms with Crippen molar-refractivity contribution < 1.29 is 27.9 Å². The van der Waals surface area contributed by atoms with E-state index in [0.29, 0.717) is 5.56 Å². The minimum Gasteiger partial charge on any atom is -0.434 e. The van der Waals surface area contributed by atoms with E-state index in [-0.39, 0.29) is 30.0 Å². The molecule has 2 aromatic carbocycles. The Labute approximate surface area is 165 Å². The van der Waals surface area contributed by atoms with Crippen molar-refractivity contribution >= 4 is 29.5 Å². The summed E-state index contributed by atoms with van der Waals surface area (Å²) >= 11 is 0. The van der Waals surface area contributed by atoms with Gasteiger partial charge in [-0.05, 0) is 24.3 Å². The van der Waals surface area contributed by atoms with Crippen LogP contribution in [0.4, 0.5) is 14.5 Å². The smallest absolute Gasteiger partial charge is 0.387 e. The Bertz CT molecular complexity index is 916. The second kappa shape index (κ2) is 10.5. The van der Waals surface area contributed by atoms with E-state index in [0.717, 1.165) is 6.08 Å². The molecule has 2 aromatic rings. The van der Waals surface area contributed by atoms with Crippen LogP contribution in [0.2, 0.25) is 0 Å². The molecule has 152 valence electrons. The normalized spacial score (nSPS) is 10.7. The zero-order valence-electron chi connectivity index (χ0n) is 15.2. The lowest BCUT2D eigenvalue weighted by Gasteiger charge is -2.10. The summed E-state index contributed by atoms with van der Waals surface area (Å²) in [4.78, 5) is 35.2. The molecule has 0 saturated carbocycles. The maximum atomic E-state index is 12.5. The van der Waals surface area contributed by atoms with Crippen molar-refractivity contribution in [1.29, 1.82) is 0 Å². The molecule has 0 radical (unpaired) electrons. The fourth-order valence-corrected chi connectivity index (χ4v) is 2.35. The highest BCUT2D eigenvalue weighted by Crippen LogP contribution is 2.22. The van der Waals surface area contributed by atoms with Gasteiger partial charge in [-0.1, -0.05) is 30.3 Å². The van der Waals surface area contributed by atoms with Gasteiger partial charge in [0.2, 0.25) is 11.8 Å². The zero-order chi connectivity index (χ0) is 21.2. The lowest BCUT2D eigenvalue weighted by Crippen LogP contribution is -2.28. The lowest BCUT2D eigenvalue weighted by atomic mass is 10.1. The molecule has 0 atom stereocenters. The van der Waals surface area contributed by atoms with Gasteiger partial charge in [0.05, 0.1) is 11.3 Å². The van der Waals surface area contributed by atoms with Gasteiger partial charge in [-0.25, -0.2) is 0 Å². The molecule has 7 nitrogen and oxygen atoms in total. The number of primary amides is 1. The molecule has 0 fully saturated rings. The minimum atomic E-state index is -2.99. The highest BCUT2D eigenvalue weighted by atomic mass is 19.3. The molecule has 9 heteroatoms. The fourth-order valence-electron chi connectivity index (χ4n) is 2.35. The van der Waals surface area contributed by atoms with E-state index in [1.807, 2.05) is 0 Å². The van der Waals surface area contributed by atoms with E-state index in [1.54, 1.807) is 18.2 Å². The topological polar surface area (TPSA) is 111 Å². The maximum Gasteiger partial charge on any atom is 0.387 e. The number of ether oxygens (including phenoxy) is 1. The van der Waals surface area contributed by atoms with E-state index < -0.39 is 24.3 Å². The van der Waals surface area contributed by atoms with Crippen molar-refractivity contribution in [3.05, 3.63) is 65.7 Å². The number of anilines is 1. The van der Waals surface area contributed by atoms with E-state index in [9.17, 15) is 23.2 Å². The Morgan fingerprint density at radius 1 is 1.07 bits per heavy atom. The number of nitrogens with two attached hydrogens (primary N) is 1.